The van der Waals surface area contributed by atoms with Gasteiger partial charge in [-0.25, -0.2) is 0 Å². The highest BCUT2D eigenvalue weighted by atomic mass is 16.5. The van der Waals surface area contributed by atoms with E-state index in [9.17, 15) is 4.79 Å². The minimum Gasteiger partial charge on any atom is -0.375 e. The van der Waals surface area contributed by atoms with Crippen molar-refractivity contribution in [2.75, 3.05) is 33.4 Å². The lowest BCUT2D eigenvalue weighted by atomic mass is 10.1. The molecule has 0 bridgehead atoms. The largest absolute Gasteiger partial charge is 0.375 e. The molecule has 2 aliphatic heterocycles. The van der Waals surface area contributed by atoms with Gasteiger partial charge in [-0.3, -0.25) is 9.79 Å². The van der Waals surface area contributed by atoms with E-state index in [-0.39, 0.29) is 23.7 Å². The van der Waals surface area contributed by atoms with E-state index >= 15 is 0 Å². The van der Waals surface area contributed by atoms with Gasteiger partial charge in [-0.05, 0) is 51.3 Å². The van der Waals surface area contributed by atoms with E-state index in [4.69, 9.17) is 9.47 Å². The second-order valence-electron chi connectivity index (χ2n) is 8.71. The fourth-order valence-electron chi connectivity index (χ4n) is 3.74. The smallest absolute Gasteiger partial charge is 0.251 e. The molecule has 1 aromatic rings. The van der Waals surface area contributed by atoms with Crippen LogP contribution in [0.15, 0.2) is 29.3 Å². The van der Waals surface area contributed by atoms with Crippen LogP contribution >= 0.6 is 0 Å². The molecular weight excluding hydrogens is 368 g/mol. The van der Waals surface area contributed by atoms with Gasteiger partial charge < -0.3 is 25.0 Å². The molecule has 1 amide bonds. The van der Waals surface area contributed by atoms with Gasteiger partial charge in [-0.15, -0.1) is 0 Å². The maximum atomic E-state index is 12.4. The highest BCUT2D eigenvalue weighted by molar-refractivity contribution is 5.94. The molecule has 2 fully saturated rings. The van der Waals surface area contributed by atoms with E-state index in [2.05, 4.69) is 20.5 Å². The summed E-state index contributed by atoms with van der Waals surface area (Å²) >= 11 is 0. The summed E-state index contributed by atoms with van der Waals surface area (Å²) in [5, 5.41) is 6.43. The van der Waals surface area contributed by atoms with Gasteiger partial charge in [-0.2, -0.15) is 0 Å². The average Bonchev–Trinajstić information content (AvgIpc) is 3.23. The molecule has 0 aliphatic carbocycles. The number of nitrogens with zero attached hydrogens (tertiary/aromatic N) is 2. The van der Waals surface area contributed by atoms with Crippen LogP contribution in [0, 0.1) is 0 Å². The Labute approximate surface area is 173 Å². The first-order valence-electron chi connectivity index (χ1n) is 10.5. The number of morpholine rings is 1. The second kappa shape index (κ2) is 9.59. The molecule has 7 nitrogen and oxygen atoms in total. The predicted molar refractivity (Wildman–Crippen MR) is 114 cm³/mol. The molecule has 2 heterocycles. The summed E-state index contributed by atoms with van der Waals surface area (Å²) in [4.78, 5) is 19.1. The molecule has 7 heteroatoms. The van der Waals surface area contributed by atoms with E-state index in [0.717, 1.165) is 44.1 Å². The predicted octanol–water partition coefficient (Wildman–Crippen LogP) is 2.17. The first-order valence-corrected chi connectivity index (χ1v) is 10.5. The maximum absolute atomic E-state index is 12.4. The Bertz CT molecular complexity index is 723. The summed E-state index contributed by atoms with van der Waals surface area (Å²) < 4.78 is 11.7. The molecule has 2 unspecified atom stereocenters. The van der Waals surface area contributed by atoms with Gasteiger partial charge in [0.1, 0.15) is 6.10 Å². The maximum Gasteiger partial charge on any atom is 0.251 e. The molecule has 0 saturated carbocycles. The molecule has 1 aromatic carbocycles. The molecule has 2 atom stereocenters. The van der Waals surface area contributed by atoms with E-state index < -0.39 is 0 Å². The molecule has 29 heavy (non-hydrogen) atoms. The monoisotopic (exact) mass is 402 g/mol. The summed E-state index contributed by atoms with van der Waals surface area (Å²) in [5.41, 5.74) is 1.44. The van der Waals surface area contributed by atoms with Crippen LogP contribution in [0.1, 0.15) is 49.5 Å². The molecule has 3 rings (SSSR count). The normalized spacial score (nSPS) is 23.2. The third-order valence-corrected chi connectivity index (χ3v) is 5.11. The number of hydrogen-bond donors (Lipinski definition) is 2. The van der Waals surface area contributed by atoms with Crippen molar-refractivity contribution in [3.05, 3.63) is 35.4 Å². The van der Waals surface area contributed by atoms with Crippen molar-refractivity contribution in [3.8, 4) is 0 Å². The molecule has 0 aromatic heterocycles. The number of aliphatic imine (C=N–C) groups is 1. The zero-order chi connectivity index (χ0) is 20.9. The number of nitrogens with one attached hydrogen (secondary N) is 2. The lowest BCUT2D eigenvalue weighted by molar-refractivity contribution is -0.0817. The first-order chi connectivity index (χ1) is 13.9. The molecule has 160 valence electrons. The molecule has 0 radical (unpaired) electrons. The van der Waals surface area contributed by atoms with E-state index in [1.165, 1.54) is 0 Å². The molecular formula is C22H34N4O3. The van der Waals surface area contributed by atoms with Crippen molar-refractivity contribution in [1.82, 2.24) is 15.5 Å². The number of hydrogen-bond acceptors (Lipinski definition) is 4. The Hall–Kier alpha value is -2.12. The van der Waals surface area contributed by atoms with Crippen molar-refractivity contribution >= 4 is 11.9 Å². The van der Waals surface area contributed by atoms with Crippen LogP contribution < -0.4 is 10.6 Å². The molecule has 0 spiro atoms. The molecule has 2 N–H and O–H groups in total. The lowest BCUT2D eigenvalue weighted by Gasteiger charge is -2.37. The zero-order valence-corrected chi connectivity index (χ0v) is 18.0. The second-order valence-corrected chi connectivity index (χ2v) is 8.71. The summed E-state index contributed by atoms with van der Waals surface area (Å²) in [6.45, 7) is 9.62. The van der Waals surface area contributed by atoms with E-state index in [0.29, 0.717) is 18.7 Å². The third-order valence-electron chi connectivity index (χ3n) is 5.11. The Morgan fingerprint density at radius 2 is 2.03 bits per heavy atom. The molecule has 2 saturated heterocycles. The van der Waals surface area contributed by atoms with Crippen LogP contribution in [0.3, 0.4) is 0 Å². The van der Waals surface area contributed by atoms with Gasteiger partial charge in [0.25, 0.3) is 5.91 Å². The number of carbonyl (C=O) groups excluding carboxylic acids is 1. The fourth-order valence-corrected chi connectivity index (χ4v) is 3.74. The first kappa shape index (κ1) is 21.6. The zero-order valence-electron chi connectivity index (χ0n) is 18.0. The van der Waals surface area contributed by atoms with Crippen LogP contribution in [0.2, 0.25) is 0 Å². The van der Waals surface area contributed by atoms with Gasteiger partial charge in [-0.1, -0.05) is 12.1 Å². The van der Waals surface area contributed by atoms with Gasteiger partial charge in [0, 0.05) is 44.4 Å². The Morgan fingerprint density at radius 1 is 1.24 bits per heavy atom. The number of guanidine groups is 1. The van der Waals surface area contributed by atoms with Crippen molar-refractivity contribution < 1.29 is 14.3 Å². The minimum atomic E-state index is -0.261. The van der Waals surface area contributed by atoms with Crippen LogP contribution in [-0.4, -0.2) is 67.9 Å². The summed E-state index contributed by atoms with van der Waals surface area (Å²) in [5.74, 6) is 0.789. The number of rotatable bonds is 4. The number of benzene rings is 1. The molecule has 2 aliphatic rings. The van der Waals surface area contributed by atoms with Gasteiger partial charge in [0.2, 0.25) is 0 Å². The SMILES string of the molecule is CN=C(NCc1cccc(C(=O)NC(C)(C)C)c1)N1CCOC(C2CCCO2)C1. The van der Waals surface area contributed by atoms with Gasteiger partial charge >= 0.3 is 0 Å². The van der Waals surface area contributed by atoms with Gasteiger partial charge in [0.15, 0.2) is 5.96 Å². The van der Waals surface area contributed by atoms with E-state index in [1.54, 1.807) is 7.05 Å². The third kappa shape index (κ3) is 6.18. The summed E-state index contributed by atoms with van der Waals surface area (Å²) in [7, 11) is 1.80. The van der Waals surface area contributed by atoms with Crippen LogP contribution in [-0.2, 0) is 16.0 Å². The van der Waals surface area contributed by atoms with Crippen molar-refractivity contribution in [1.29, 1.82) is 0 Å². The fraction of sp³-hybridized carbons (Fsp3) is 0.636. The van der Waals surface area contributed by atoms with Crippen LogP contribution in [0.4, 0.5) is 0 Å². The number of carbonyl (C=O) groups is 1. The lowest BCUT2D eigenvalue weighted by Crippen LogP contribution is -2.53. The van der Waals surface area contributed by atoms with Gasteiger partial charge in [0.05, 0.1) is 12.7 Å². The highest BCUT2D eigenvalue weighted by Crippen LogP contribution is 2.21. The van der Waals surface area contributed by atoms with Crippen LogP contribution in [0.25, 0.3) is 0 Å². The van der Waals surface area contributed by atoms with E-state index in [1.807, 2.05) is 45.0 Å². The Kier molecular flexibility index (Phi) is 7.14. The quantitative estimate of drug-likeness (QED) is 0.596. The standard InChI is InChI=1S/C22H34N4O3/c1-22(2,3)25-20(27)17-8-5-7-16(13-17)14-24-21(23-4)26-10-12-29-19(15-26)18-9-6-11-28-18/h5,7-8,13,18-19H,6,9-12,14-15H2,1-4H3,(H,23,24)(H,25,27). The van der Waals surface area contributed by atoms with Crippen molar-refractivity contribution in [3.63, 3.8) is 0 Å². The Balaban J connectivity index is 1.58. The minimum absolute atomic E-state index is 0.0590. The van der Waals surface area contributed by atoms with Crippen LogP contribution in [0.5, 0.6) is 0 Å². The Morgan fingerprint density at radius 3 is 2.72 bits per heavy atom. The topological polar surface area (TPSA) is 75.2 Å². The van der Waals surface area contributed by atoms with Crippen molar-refractivity contribution in [2.24, 2.45) is 4.99 Å². The summed E-state index contributed by atoms with van der Waals surface area (Å²) in [6.07, 6.45) is 2.45. The number of amides is 1. The highest BCUT2D eigenvalue weighted by Gasteiger charge is 2.32. The van der Waals surface area contributed by atoms with Crippen molar-refractivity contribution in [2.45, 2.75) is 57.9 Å². The average molecular weight is 403 g/mol. The number of ether oxygens (including phenoxy) is 2. The summed E-state index contributed by atoms with van der Waals surface area (Å²) in [6, 6.07) is 7.70.